The number of anilines is 1. The van der Waals surface area contributed by atoms with E-state index in [2.05, 4.69) is 25.0 Å². The standard InChI is InChI=1S/C25H28N8O2/c1-16-12-20-25(35)30-21(31-33(20)15-16)4-2-5-22(34)32-10-6-17(7-11-32)18-13-19(23(26)29-14-18)24-27-8-3-9-28-24/h3,8-9,12-15,17H,2,4-7,10-11H2,1H3,(H2,26,29)(H,30,31,35). The fourth-order valence-corrected chi connectivity index (χ4v) is 4.66. The lowest BCUT2D eigenvalue weighted by Gasteiger charge is -2.32. The molecule has 1 aliphatic rings. The van der Waals surface area contributed by atoms with Gasteiger partial charge in [-0.25, -0.2) is 19.5 Å². The molecule has 0 spiro atoms. The van der Waals surface area contributed by atoms with Gasteiger partial charge in [0.25, 0.3) is 5.56 Å². The number of nitrogens with one attached hydrogen (secondary N) is 1. The molecule has 3 N–H and O–H groups in total. The van der Waals surface area contributed by atoms with Gasteiger partial charge in [-0.1, -0.05) is 0 Å². The number of fused-ring (bicyclic) bond motifs is 1. The Labute approximate surface area is 202 Å². The van der Waals surface area contributed by atoms with Crippen molar-refractivity contribution in [2.24, 2.45) is 0 Å². The number of hydrogen-bond donors (Lipinski definition) is 2. The van der Waals surface area contributed by atoms with Gasteiger partial charge in [-0.05, 0) is 61.4 Å². The number of H-pyrrole nitrogens is 1. The van der Waals surface area contributed by atoms with Gasteiger partial charge >= 0.3 is 0 Å². The lowest BCUT2D eigenvalue weighted by molar-refractivity contribution is -0.132. The third-order valence-corrected chi connectivity index (χ3v) is 6.53. The second-order valence-corrected chi connectivity index (χ2v) is 9.03. The van der Waals surface area contributed by atoms with E-state index in [1.807, 2.05) is 30.3 Å². The molecular formula is C25H28N8O2. The normalized spacial score (nSPS) is 14.5. The smallest absolute Gasteiger partial charge is 0.275 e. The van der Waals surface area contributed by atoms with Crippen LogP contribution in [0.5, 0.6) is 0 Å². The topological polar surface area (TPSA) is 135 Å². The summed E-state index contributed by atoms with van der Waals surface area (Å²) in [5.74, 6) is 2.01. The third-order valence-electron chi connectivity index (χ3n) is 6.53. The molecule has 1 saturated heterocycles. The maximum Gasteiger partial charge on any atom is 0.275 e. The zero-order valence-electron chi connectivity index (χ0n) is 19.6. The number of pyridine rings is 1. The van der Waals surface area contributed by atoms with Crippen molar-refractivity contribution in [1.29, 1.82) is 0 Å². The summed E-state index contributed by atoms with van der Waals surface area (Å²) in [4.78, 5) is 42.7. The molecule has 0 bridgehead atoms. The molecule has 1 aliphatic heterocycles. The molecule has 1 amide bonds. The van der Waals surface area contributed by atoms with E-state index in [9.17, 15) is 9.59 Å². The summed E-state index contributed by atoms with van der Waals surface area (Å²) in [5, 5.41) is 4.46. The lowest BCUT2D eigenvalue weighted by Crippen LogP contribution is -2.37. The van der Waals surface area contributed by atoms with Crippen molar-refractivity contribution in [3.8, 4) is 11.4 Å². The predicted octanol–water partition coefficient (Wildman–Crippen LogP) is 2.49. The van der Waals surface area contributed by atoms with E-state index in [0.29, 0.717) is 61.3 Å². The van der Waals surface area contributed by atoms with Crippen LogP contribution >= 0.6 is 0 Å². The van der Waals surface area contributed by atoms with Crippen molar-refractivity contribution in [1.82, 2.24) is 34.4 Å². The first-order chi connectivity index (χ1) is 17.0. The van der Waals surface area contributed by atoms with Crippen molar-refractivity contribution in [3.63, 3.8) is 0 Å². The molecular weight excluding hydrogens is 444 g/mol. The van der Waals surface area contributed by atoms with Crippen molar-refractivity contribution in [3.05, 3.63) is 70.3 Å². The van der Waals surface area contributed by atoms with Gasteiger partial charge in [0.15, 0.2) is 5.82 Å². The zero-order valence-corrected chi connectivity index (χ0v) is 19.6. The van der Waals surface area contributed by atoms with E-state index in [0.717, 1.165) is 29.5 Å². The number of aryl methyl sites for hydroxylation is 2. The summed E-state index contributed by atoms with van der Waals surface area (Å²) in [6.07, 6.45) is 10.4. The van der Waals surface area contributed by atoms with Gasteiger partial charge in [-0.15, -0.1) is 0 Å². The first-order valence-electron chi connectivity index (χ1n) is 11.9. The predicted molar refractivity (Wildman–Crippen MR) is 132 cm³/mol. The van der Waals surface area contributed by atoms with Crippen LogP contribution in [-0.2, 0) is 11.2 Å². The Morgan fingerprint density at radius 1 is 1.17 bits per heavy atom. The highest BCUT2D eigenvalue weighted by Crippen LogP contribution is 2.31. The minimum Gasteiger partial charge on any atom is -0.383 e. The van der Waals surface area contributed by atoms with Crippen molar-refractivity contribution in [2.45, 2.75) is 44.9 Å². The van der Waals surface area contributed by atoms with Gasteiger partial charge in [0.1, 0.15) is 17.2 Å². The number of rotatable bonds is 6. The number of hydrogen-bond acceptors (Lipinski definition) is 7. The molecule has 5 rings (SSSR count). The van der Waals surface area contributed by atoms with Crippen LogP contribution in [0.2, 0.25) is 0 Å². The number of likely N-dealkylation sites (tertiary alicyclic amines) is 1. The van der Waals surface area contributed by atoms with Crippen LogP contribution in [0.4, 0.5) is 5.82 Å². The number of nitrogens with two attached hydrogens (primary N) is 1. The van der Waals surface area contributed by atoms with E-state index in [-0.39, 0.29) is 11.5 Å². The molecule has 10 nitrogen and oxygen atoms in total. The lowest BCUT2D eigenvalue weighted by atomic mass is 9.89. The minimum atomic E-state index is -0.157. The molecule has 5 heterocycles. The Kier molecular flexibility index (Phi) is 6.26. The molecule has 35 heavy (non-hydrogen) atoms. The Bertz CT molecular complexity index is 1400. The molecule has 180 valence electrons. The summed E-state index contributed by atoms with van der Waals surface area (Å²) in [7, 11) is 0. The number of nitrogen functional groups attached to an aromatic ring is 1. The van der Waals surface area contributed by atoms with E-state index in [1.165, 1.54) is 0 Å². The SMILES string of the molecule is Cc1cc2c(=O)[nH]c(CCCC(=O)N3CCC(c4cnc(N)c(-c5ncccn5)c4)CC3)nn2c1. The first-order valence-corrected chi connectivity index (χ1v) is 11.9. The average Bonchev–Trinajstić information content (AvgIpc) is 3.26. The van der Waals surface area contributed by atoms with Crippen molar-refractivity contribution >= 4 is 17.2 Å². The summed E-state index contributed by atoms with van der Waals surface area (Å²) in [6.45, 7) is 3.33. The second-order valence-electron chi connectivity index (χ2n) is 9.03. The summed E-state index contributed by atoms with van der Waals surface area (Å²) in [5.41, 5.74) is 9.26. The van der Waals surface area contributed by atoms with Crippen LogP contribution in [0.3, 0.4) is 0 Å². The average molecular weight is 473 g/mol. The fraction of sp³-hybridized carbons (Fsp3) is 0.360. The van der Waals surface area contributed by atoms with E-state index in [1.54, 1.807) is 29.0 Å². The van der Waals surface area contributed by atoms with Gasteiger partial charge in [0.2, 0.25) is 5.91 Å². The van der Waals surface area contributed by atoms with Crippen LogP contribution in [0, 0.1) is 6.92 Å². The summed E-state index contributed by atoms with van der Waals surface area (Å²) in [6, 6.07) is 5.59. The first kappa shape index (κ1) is 22.7. The number of piperidine rings is 1. The number of nitrogens with zero attached hydrogens (tertiary/aromatic N) is 6. The number of aromatic amines is 1. The highest BCUT2D eigenvalue weighted by Gasteiger charge is 2.24. The maximum absolute atomic E-state index is 12.8. The zero-order chi connectivity index (χ0) is 24.4. The number of carbonyl (C=O) groups excluding carboxylic acids is 1. The molecule has 10 heteroatoms. The summed E-state index contributed by atoms with van der Waals surface area (Å²) < 4.78 is 1.61. The Morgan fingerprint density at radius 2 is 1.94 bits per heavy atom. The summed E-state index contributed by atoms with van der Waals surface area (Å²) >= 11 is 0. The van der Waals surface area contributed by atoms with Crippen LogP contribution in [0.1, 0.15) is 48.6 Å². The monoisotopic (exact) mass is 472 g/mol. The fourth-order valence-electron chi connectivity index (χ4n) is 4.66. The maximum atomic E-state index is 12.8. The van der Waals surface area contributed by atoms with Crippen LogP contribution < -0.4 is 11.3 Å². The molecule has 0 saturated carbocycles. The third kappa shape index (κ3) is 4.91. The highest BCUT2D eigenvalue weighted by atomic mass is 16.2. The van der Waals surface area contributed by atoms with Gasteiger partial charge < -0.3 is 15.6 Å². The molecule has 0 atom stereocenters. The highest BCUT2D eigenvalue weighted by molar-refractivity contribution is 5.76. The van der Waals surface area contributed by atoms with Crippen molar-refractivity contribution in [2.75, 3.05) is 18.8 Å². The molecule has 1 fully saturated rings. The Hall–Kier alpha value is -4.08. The Balaban J connectivity index is 1.15. The quantitative estimate of drug-likeness (QED) is 0.440. The van der Waals surface area contributed by atoms with Gasteiger partial charge in [-0.3, -0.25) is 9.59 Å². The minimum absolute atomic E-state index is 0.137. The molecule has 0 unspecified atom stereocenters. The largest absolute Gasteiger partial charge is 0.383 e. The van der Waals surface area contributed by atoms with E-state index in [4.69, 9.17) is 5.73 Å². The van der Waals surface area contributed by atoms with Crippen LogP contribution in [0.15, 0.2) is 47.8 Å². The molecule has 4 aromatic heterocycles. The number of carbonyl (C=O) groups is 1. The van der Waals surface area contributed by atoms with Crippen LogP contribution in [0.25, 0.3) is 16.9 Å². The van der Waals surface area contributed by atoms with Gasteiger partial charge in [0, 0.05) is 50.7 Å². The number of aromatic nitrogens is 6. The molecule has 0 aromatic carbocycles. The van der Waals surface area contributed by atoms with Crippen LogP contribution in [-0.4, -0.2) is 53.4 Å². The number of amides is 1. The van der Waals surface area contributed by atoms with E-state index < -0.39 is 0 Å². The Morgan fingerprint density at radius 3 is 2.71 bits per heavy atom. The molecule has 0 radical (unpaired) electrons. The second kappa shape index (κ2) is 9.65. The van der Waals surface area contributed by atoms with Crippen molar-refractivity contribution < 1.29 is 4.79 Å². The van der Waals surface area contributed by atoms with Gasteiger partial charge in [0.05, 0.1) is 5.56 Å². The van der Waals surface area contributed by atoms with E-state index >= 15 is 0 Å². The molecule has 0 aliphatic carbocycles. The molecule has 4 aromatic rings. The van der Waals surface area contributed by atoms with Gasteiger partial charge in [-0.2, -0.15) is 5.10 Å².